The number of fused-ring (bicyclic) bond motifs is 2. The molecule has 10 aromatic rings. The van der Waals surface area contributed by atoms with Crippen LogP contribution in [0.5, 0.6) is 11.5 Å². The molecule has 0 saturated heterocycles. The molecule has 0 radical (unpaired) electrons. The fourth-order valence-electron chi connectivity index (χ4n) is 8.87. The Balaban J connectivity index is 0.870. The van der Waals surface area contributed by atoms with E-state index >= 15 is 0 Å². The Morgan fingerprint density at radius 1 is 0.395 bits per heavy atom. The Morgan fingerprint density at radius 2 is 0.684 bits per heavy atom. The van der Waals surface area contributed by atoms with E-state index in [1.54, 1.807) is 12.1 Å². The highest BCUT2D eigenvalue weighted by atomic mass is 32.1. The highest BCUT2D eigenvalue weighted by molar-refractivity contribution is 7.00. The zero-order valence-corrected chi connectivity index (χ0v) is 43.8. The van der Waals surface area contributed by atoms with Crippen LogP contribution in [0.1, 0.15) is 45.7 Å². The van der Waals surface area contributed by atoms with Crippen molar-refractivity contribution in [1.82, 2.24) is 17.5 Å². The van der Waals surface area contributed by atoms with Gasteiger partial charge in [-0.2, -0.15) is 17.5 Å². The number of esters is 4. The predicted octanol–water partition coefficient (Wildman–Crippen LogP) is 12.7. The van der Waals surface area contributed by atoms with E-state index in [1.807, 2.05) is 88.9 Å². The maximum absolute atomic E-state index is 14.2. The third kappa shape index (κ3) is 10.8. The molecule has 0 unspecified atom stereocenters. The predicted molar refractivity (Wildman–Crippen MR) is 298 cm³/mol. The molecular formula is C60H48N6O8S2. The van der Waals surface area contributed by atoms with Gasteiger partial charge in [0.25, 0.3) is 0 Å². The van der Waals surface area contributed by atoms with Gasteiger partial charge in [-0.3, -0.25) is 9.59 Å². The van der Waals surface area contributed by atoms with Crippen LogP contribution in [0, 0.1) is 0 Å². The van der Waals surface area contributed by atoms with Gasteiger partial charge in [0.2, 0.25) is 0 Å². The van der Waals surface area contributed by atoms with Crippen LogP contribution in [0.15, 0.2) is 158 Å². The minimum Gasteiger partial charge on any atom is -0.457 e. The van der Waals surface area contributed by atoms with Gasteiger partial charge >= 0.3 is 23.9 Å². The standard InChI is InChI=1S/C60H48N6O8S2/c1-35(67)73-45-23-25-51(53(31-45)59(69)71-33-37-7-11-39(12-8-37)47-27-29-49(57-55(47)61-75-63-57)41-15-19-43(20-16-41)65(3)4)52-26-24-46(74-36(2)68)32-54(52)60(70)72-34-38-9-13-40(14-10-38)48-28-30-50(58-56(48)62-76-64-58)42-17-21-44(22-18-42)66(5)6/h7-32H,33-34H2,1-6H3. The van der Waals surface area contributed by atoms with Crippen LogP contribution in [-0.4, -0.2) is 69.6 Å². The molecule has 0 amide bonds. The summed E-state index contributed by atoms with van der Waals surface area (Å²) < 4.78 is 41.2. The largest absolute Gasteiger partial charge is 0.457 e. The number of aromatic nitrogens is 4. The van der Waals surface area contributed by atoms with E-state index < -0.39 is 23.9 Å². The summed E-state index contributed by atoms with van der Waals surface area (Å²) in [5.41, 5.74) is 15.1. The smallest absolute Gasteiger partial charge is 0.339 e. The molecule has 0 N–H and O–H groups in total. The van der Waals surface area contributed by atoms with Gasteiger partial charge in [0.05, 0.1) is 34.6 Å². The van der Waals surface area contributed by atoms with Gasteiger partial charge in [0.15, 0.2) is 0 Å². The molecule has 378 valence electrons. The van der Waals surface area contributed by atoms with Crippen LogP contribution in [0.4, 0.5) is 11.4 Å². The van der Waals surface area contributed by atoms with Crippen molar-refractivity contribution < 1.29 is 38.1 Å². The van der Waals surface area contributed by atoms with Gasteiger partial charge in [0, 0.05) is 75.7 Å². The molecule has 0 aliphatic rings. The number of nitrogens with zero attached hydrogens (tertiary/aromatic N) is 6. The van der Waals surface area contributed by atoms with E-state index in [9.17, 15) is 19.2 Å². The van der Waals surface area contributed by atoms with E-state index in [1.165, 1.54) is 38.1 Å². The Labute approximate surface area is 446 Å². The zero-order chi connectivity index (χ0) is 53.0. The lowest BCUT2D eigenvalue weighted by molar-refractivity contribution is -0.132. The first-order valence-electron chi connectivity index (χ1n) is 24.0. The van der Waals surface area contributed by atoms with E-state index in [2.05, 4.69) is 88.0 Å². The SMILES string of the molecule is CC(=O)Oc1ccc(-c2ccc(OC(C)=O)cc2C(=O)OCc2ccc(-c3ccc(-c4ccc(N(C)C)cc4)c4nsnc34)cc2)c(C(=O)OCc2ccc(-c3ccc(-c4ccc(N(C)C)cc4)c4nsnc34)cc2)c1. The fraction of sp³-hybridized carbons (Fsp3) is 0.133. The molecule has 14 nitrogen and oxygen atoms in total. The van der Waals surface area contributed by atoms with Crippen molar-refractivity contribution in [1.29, 1.82) is 0 Å². The molecule has 10 rings (SSSR count). The minimum absolute atomic E-state index is 0.00907. The summed E-state index contributed by atoms with van der Waals surface area (Å²) in [5, 5.41) is 0. The fourth-order valence-corrected chi connectivity index (χ4v) is 10.0. The normalized spacial score (nSPS) is 11.1. The number of hydrogen-bond acceptors (Lipinski definition) is 16. The van der Waals surface area contributed by atoms with Crippen molar-refractivity contribution in [3.63, 3.8) is 0 Å². The van der Waals surface area contributed by atoms with Crippen LogP contribution in [-0.2, 0) is 32.3 Å². The van der Waals surface area contributed by atoms with Gasteiger partial charge in [-0.1, -0.05) is 97.1 Å². The molecule has 0 atom stereocenters. The maximum atomic E-state index is 14.2. The first kappa shape index (κ1) is 50.4. The lowest BCUT2D eigenvalue weighted by Crippen LogP contribution is -2.12. The monoisotopic (exact) mass is 1040 g/mol. The molecule has 0 spiro atoms. The quantitative estimate of drug-likeness (QED) is 0.0704. The Kier molecular flexibility index (Phi) is 14.4. The van der Waals surface area contributed by atoms with E-state index in [-0.39, 0.29) is 47.0 Å². The van der Waals surface area contributed by atoms with Gasteiger partial charge in [0.1, 0.15) is 46.8 Å². The summed E-state index contributed by atoms with van der Waals surface area (Å²) in [6, 6.07) is 48.9. The van der Waals surface area contributed by atoms with Crippen molar-refractivity contribution in [2.45, 2.75) is 27.1 Å². The number of rotatable bonds is 15. The summed E-state index contributed by atoms with van der Waals surface area (Å²) in [6.45, 7) is 2.29. The topological polar surface area (TPSA) is 163 Å². The van der Waals surface area contributed by atoms with Gasteiger partial charge in [-0.15, -0.1) is 0 Å². The highest BCUT2D eigenvalue weighted by Gasteiger charge is 2.24. The number of carbonyl (C=O) groups is 4. The maximum Gasteiger partial charge on any atom is 0.339 e. The second-order valence-corrected chi connectivity index (χ2v) is 19.3. The molecular weight excluding hydrogens is 997 g/mol. The number of benzene rings is 8. The Hall–Kier alpha value is -9.12. The molecule has 16 heteroatoms. The number of anilines is 2. The first-order chi connectivity index (χ1) is 36.8. The average Bonchev–Trinajstić information content (AvgIpc) is 4.14. The van der Waals surface area contributed by atoms with Crippen molar-refractivity contribution in [3.8, 4) is 67.1 Å². The second-order valence-electron chi connectivity index (χ2n) is 18.3. The molecule has 0 bridgehead atoms. The number of ether oxygens (including phenoxy) is 4. The zero-order valence-electron chi connectivity index (χ0n) is 42.2. The van der Waals surface area contributed by atoms with Gasteiger partial charge < -0.3 is 28.7 Å². The Morgan fingerprint density at radius 3 is 0.974 bits per heavy atom. The molecule has 0 fully saturated rings. The molecule has 76 heavy (non-hydrogen) atoms. The molecule has 8 aromatic carbocycles. The number of hydrogen-bond donors (Lipinski definition) is 0. The third-order valence-corrected chi connectivity index (χ3v) is 13.8. The Bertz CT molecular complexity index is 3570. The van der Waals surface area contributed by atoms with Crippen LogP contribution >= 0.6 is 23.5 Å². The second kappa shape index (κ2) is 21.8. The van der Waals surface area contributed by atoms with Gasteiger partial charge in [-0.25, -0.2) is 9.59 Å². The van der Waals surface area contributed by atoms with Crippen LogP contribution in [0.25, 0.3) is 77.7 Å². The molecule has 2 aromatic heterocycles. The van der Waals surface area contributed by atoms with Crippen molar-refractivity contribution >= 4 is 80.8 Å². The highest BCUT2D eigenvalue weighted by Crippen LogP contribution is 2.38. The van der Waals surface area contributed by atoms with E-state index in [0.717, 1.165) is 101 Å². The average molecular weight is 1050 g/mol. The molecule has 0 aliphatic heterocycles. The van der Waals surface area contributed by atoms with Crippen molar-refractivity contribution in [3.05, 3.63) is 180 Å². The summed E-state index contributed by atoms with van der Waals surface area (Å²) >= 11 is 2.32. The summed E-state index contributed by atoms with van der Waals surface area (Å²) in [7, 11) is 8.02. The third-order valence-electron chi connectivity index (χ3n) is 12.7. The van der Waals surface area contributed by atoms with Crippen molar-refractivity contribution in [2.75, 3.05) is 38.0 Å². The summed E-state index contributed by atoms with van der Waals surface area (Å²) in [5.74, 6) is -2.51. The van der Waals surface area contributed by atoms with E-state index in [0.29, 0.717) is 11.1 Å². The van der Waals surface area contributed by atoms with Crippen molar-refractivity contribution in [2.24, 2.45) is 0 Å². The first-order valence-corrected chi connectivity index (χ1v) is 25.5. The minimum atomic E-state index is -0.750. The lowest BCUT2D eigenvalue weighted by atomic mass is 9.94. The molecule has 0 saturated carbocycles. The lowest BCUT2D eigenvalue weighted by Gasteiger charge is -2.16. The number of carbonyl (C=O) groups excluding carboxylic acids is 4. The molecule has 2 heterocycles. The summed E-state index contributed by atoms with van der Waals surface area (Å²) in [4.78, 5) is 56.6. The van der Waals surface area contributed by atoms with E-state index in [4.69, 9.17) is 18.9 Å². The molecule has 0 aliphatic carbocycles. The van der Waals surface area contributed by atoms with Crippen LogP contribution in [0.3, 0.4) is 0 Å². The summed E-state index contributed by atoms with van der Waals surface area (Å²) in [6.07, 6.45) is 0. The van der Waals surface area contributed by atoms with Crippen LogP contribution < -0.4 is 19.3 Å². The van der Waals surface area contributed by atoms with Crippen LogP contribution in [0.2, 0.25) is 0 Å². The van der Waals surface area contributed by atoms with Gasteiger partial charge in [-0.05, 0) is 105 Å².